The lowest BCUT2D eigenvalue weighted by molar-refractivity contribution is 0.111. The van der Waals surface area contributed by atoms with Crippen molar-refractivity contribution in [1.82, 2.24) is 4.90 Å². The SMILES string of the molecule is C=C1[C@@H]2CCC[C@@]1(c1cccc(OC)c1)CCN2CCc1ccccc1. The monoisotopic (exact) mass is 347 g/mol. The standard InChI is InChI=1S/C24H29NO/c1-19-23-12-7-14-24(19,21-10-6-11-22(18-21)26-2)15-17-25(23)16-13-20-8-4-3-5-9-20/h3-6,8-11,18,23H,1,7,12-17H2,2H3/t23-,24+/m0/s1. The Morgan fingerprint density at radius 3 is 2.77 bits per heavy atom. The summed E-state index contributed by atoms with van der Waals surface area (Å²) in [4.78, 5) is 2.67. The number of rotatable bonds is 5. The second kappa shape index (κ2) is 7.28. The Labute approximate surface area is 157 Å². The Hall–Kier alpha value is -2.06. The number of nitrogens with zero attached hydrogens (tertiary/aromatic N) is 1. The van der Waals surface area contributed by atoms with Gasteiger partial charge in [-0.25, -0.2) is 0 Å². The molecule has 1 saturated heterocycles. The molecule has 0 amide bonds. The van der Waals surface area contributed by atoms with E-state index in [4.69, 9.17) is 4.74 Å². The predicted molar refractivity (Wildman–Crippen MR) is 108 cm³/mol. The minimum absolute atomic E-state index is 0.140. The Kier molecular flexibility index (Phi) is 4.86. The van der Waals surface area contributed by atoms with Crippen molar-refractivity contribution in [3.05, 3.63) is 77.9 Å². The molecule has 1 saturated carbocycles. The summed E-state index contributed by atoms with van der Waals surface area (Å²) in [7, 11) is 1.75. The van der Waals surface area contributed by atoms with Gasteiger partial charge in [-0.15, -0.1) is 0 Å². The first-order valence-electron chi connectivity index (χ1n) is 9.85. The van der Waals surface area contributed by atoms with Gasteiger partial charge in [0.25, 0.3) is 0 Å². The molecular formula is C24H29NO. The molecule has 1 aliphatic heterocycles. The van der Waals surface area contributed by atoms with Crippen molar-refractivity contribution in [2.24, 2.45) is 0 Å². The number of piperidine rings is 1. The summed E-state index contributed by atoms with van der Waals surface area (Å²) in [5, 5.41) is 0. The zero-order valence-electron chi connectivity index (χ0n) is 15.8. The van der Waals surface area contributed by atoms with Crippen LogP contribution >= 0.6 is 0 Å². The van der Waals surface area contributed by atoms with Gasteiger partial charge < -0.3 is 4.74 Å². The fraction of sp³-hybridized carbons (Fsp3) is 0.417. The third kappa shape index (κ3) is 3.07. The van der Waals surface area contributed by atoms with Crippen molar-refractivity contribution < 1.29 is 4.74 Å². The number of benzene rings is 2. The fourth-order valence-electron chi connectivity index (χ4n) is 5.01. The topological polar surface area (TPSA) is 12.5 Å². The molecule has 2 aromatic rings. The van der Waals surface area contributed by atoms with Crippen molar-refractivity contribution >= 4 is 0 Å². The summed E-state index contributed by atoms with van der Waals surface area (Å²) in [5.74, 6) is 0.957. The van der Waals surface area contributed by atoms with Crippen LogP contribution in [0.4, 0.5) is 0 Å². The normalized spacial score (nSPS) is 25.9. The zero-order valence-corrected chi connectivity index (χ0v) is 15.8. The minimum atomic E-state index is 0.140. The average Bonchev–Trinajstić information content (AvgIpc) is 2.68. The van der Waals surface area contributed by atoms with Gasteiger partial charge in [-0.2, -0.15) is 0 Å². The van der Waals surface area contributed by atoms with Gasteiger partial charge in [0.15, 0.2) is 0 Å². The maximum Gasteiger partial charge on any atom is 0.119 e. The highest BCUT2D eigenvalue weighted by Gasteiger charge is 2.46. The largest absolute Gasteiger partial charge is 0.497 e. The van der Waals surface area contributed by atoms with Gasteiger partial charge in [0, 0.05) is 18.0 Å². The molecular weight excluding hydrogens is 318 g/mol. The summed E-state index contributed by atoms with van der Waals surface area (Å²) in [5.41, 5.74) is 4.39. The molecule has 0 radical (unpaired) electrons. The van der Waals surface area contributed by atoms with Gasteiger partial charge in [0.2, 0.25) is 0 Å². The zero-order chi connectivity index (χ0) is 18.0. The molecule has 4 rings (SSSR count). The van der Waals surface area contributed by atoms with E-state index in [1.165, 1.54) is 42.4 Å². The quantitative estimate of drug-likeness (QED) is 0.707. The smallest absolute Gasteiger partial charge is 0.119 e. The van der Waals surface area contributed by atoms with Crippen molar-refractivity contribution in [2.75, 3.05) is 20.2 Å². The van der Waals surface area contributed by atoms with E-state index in [9.17, 15) is 0 Å². The van der Waals surface area contributed by atoms with Crippen molar-refractivity contribution in [2.45, 2.75) is 43.6 Å². The predicted octanol–water partition coefficient (Wildman–Crippen LogP) is 4.99. The Bertz CT molecular complexity index is 769. The van der Waals surface area contributed by atoms with E-state index in [1.807, 2.05) is 6.07 Å². The maximum absolute atomic E-state index is 5.48. The maximum atomic E-state index is 5.48. The number of methoxy groups -OCH3 is 1. The van der Waals surface area contributed by atoms with E-state index in [2.05, 4.69) is 60.0 Å². The van der Waals surface area contributed by atoms with Crippen LogP contribution in [-0.4, -0.2) is 31.1 Å². The Morgan fingerprint density at radius 2 is 1.96 bits per heavy atom. The van der Waals surface area contributed by atoms with Crippen LogP contribution in [0.1, 0.15) is 36.8 Å². The fourth-order valence-corrected chi connectivity index (χ4v) is 5.01. The highest BCUT2D eigenvalue weighted by atomic mass is 16.5. The molecule has 2 heteroatoms. The Balaban J connectivity index is 1.53. The number of likely N-dealkylation sites (tertiary alicyclic amines) is 1. The third-order valence-electron chi connectivity index (χ3n) is 6.52. The molecule has 0 aromatic heterocycles. The first-order chi connectivity index (χ1) is 12.7. The molecule has 0 spiro atoms. The molecule has 2 aromatic carbocycles. The summed E-state index contributed by atoms with van der Waals surface area (Å²) in [6.45, 7) is 6.91. The second-order valence-electron chi connectivity index (χ2n) is 7.77. The van der Waals surface area contributed by atoms with E-state index in [-0.39, 0.29) is 5.41 Å². The second-order valence-corrected chi connectivity index (χ2v) is 7.77. The first kappa shape index (κ1) is 17.4. The van der Waals surface area contributed by atoms with E-state index in [1.54, 1.807) is 7.11 Å². The molecule has 2 fully saturated rings. The van der Waals surface area contributed by atoms with Crippen LogP contribution in [-0.2, 0) is 11.8 Å². The molecule has 26 heavy (non-hydrogen) atoms. The van der Waals surface area contributed by atoms with E-state index in [0.717, 1.165) is 25.3 Å². The molecule has 136 valence electrons. The van der Waals surface area contributed by atoms with Crippen molar-refractivity contribution in [1.29, 1.82) is 0 Å². The van der Waals surface area contributed by atoms with Crippen LogP contribution < -0.4 is 4.74 Å². The Morgan fingerprint density at radius 1 is 1.12 bits per heavy atom. The van der Waals surface area contributed by atoms with Crippen molar-refractivity contribution in [3.8, 4) is 5.75 Å². The summed E-state index contributed by atoms with van der Waals surface area (Å²) < 4.78 is 5.48. The molecule has 1 aliphatic carbocycles. The van der Waals surface area contributed by atoms with Gasteiger partial charge >= 0.3 is 0 Å². The molecule has 0 unspecified atom stereocenters. The van der Waals surface area contributed by atoms with Gasteiger partial charge in [0.05, 0.1) is 7.11 Å². The molecule has 0 N–H and O–H groups in total. The molecule has 2 atom stereocenters. The number of ether oxygens (including phenoxy) is 1. The van der Waals surface area contributed by atoms with Crippen LogP contribution in [0.15, 0.2) is 66.7 Å². The van der Waals surface area contributed by atoms with Crippen LogP contribution in [0, 0.1) is 0 Å². The highest BCUT2D eigenvalue weighted by molar-refractivity contribution is 5.44. The summed E-state index contributed by atoms with van der Waals surface area (Å²) in [6.07, 6.45) is 6.05. The van der Waals surface area contributed by atoms with E-state index < -0.39 is 0 Å². The minimum Gasteiger partial charge on any atom is -0.497 e. The van der Waals surface area contributed by atoms with Crippen LogP contribution in [0.25, 0.3) is 0 Å². The average molecular weight is 348 g/mol. The third-order valence-corrected chi connectivity index (χ3v) is 6.52. The summed E-state index contributed by atoms with van der Waals surface area (Å²) in [6, 6.07) is 20.0. The number of hydrogen-bond donors (Lipinski definition) is 0. The van der Waals surface area contributed by atoms with Crippen LogP contribution in [0.5, 0.6) is 5.75 Å². The number of hydrogen-bond acceptors (Lipinski definition) is 2. The lowest BCUT2D eigenvalue weighted by Crippen LogP contribution is -2.53. The first-order valence-corrected chi connectivity index (χ1v) is 9.85. The van der Waals surface area contributed by atoms with Crippen molar-refractivity contribution in [3.63, 3.8) is 0 Å². The van der Waals surface area contributed by atoms with Crippen LogP contribution in [0.3, 0.4) is 0 Å². The molecule has 2 bridgehead atoms. The van der Waals surface area contributed by atoms with E-state index in [0.29, 0.717) is 6.04 Å². The van der Waals surface area contributed by atoms with Gasteiger partial charge in [-0.05, 0) is 61.1 Å². The molecule has 2 nitrogen and oxygen atoms in total. The van der Waals surface area contributed by atoms with Gasteiger partial charge in [0.1, 0.15) is 5.75 Å². The summed E-state index contributed by atoms with van der Waals surface area (Å²) >= 11 is 0. The lowest BCUT2D eigenvalue weighted by atomic mass is 9.60. The van der Waals surface area contributed by atoms with Gasteiger partial charge in [-0.1, -0.05) is 55.5 Å². The van der Waals surface area contributed by atoms with Crippen LogP contribution in [0.2, 0.25) is 0 Å². The lowest BCUT2D eigenvalue weighted by Gasteiger charge is -2.53. The van der Waals surface area contributed by atoms with E-state index >= 15 is 0 Å². The molecule has 2 aliphatic rings. The molecule has 1 heterocycles. The number of fused-ring (bicyclic) bond motifs is 2. The van der Waals surface area contributed by atoms with Gasteiger partial charge in [-0.3, -0.25) is 4.90 Å². The highest BCUT2D eigenvalue weighted by Crippen LogP contribution is 2.50.